The molecular formula is C21H31IN4O5. The zero-order valence-corrected chi connectivity index (χ0v) is 20.2. The van der Waals surface area contributed by atoms with E-state index in [-0.39, 0.29) is 41.6 Å². The van der Waals surface area contributed by atoms with Gasteiger partial charge in [0, 0.05) is 44.3 Å². The molecule has 3 rings (SSSR count). The summed E-state index contributed by atoms with van der Waals surface area (Å²) in [4.78, 5) is 29.4. The zero-order valence-electron chi connectivity index (χ0n) is 17.8. The fourth-order valence-electron chi connectivity index (χ4n) is 3.72. The molecule has 1 atom stereocenters. The van der Waals surface area contributed by atoms with Crippen LogP contribution in [0, 0.1) is 22.0 Å². The van der Waals surface area contributed by atoms with Crippen LogP contribution in [-0.2, 0) is 20.8 Å². The first-order chi connectivity index (χ1) is 14.6. The predicted molar refractivity (Wildman–Crippen MR) is 128 cm³/mol. The number of carbonyl (C=O) groups is 1. The van der Waals surface area contributed by atoms with Crippen molar-refractivity contribution in [3.8, 4) is 0 Å². The molecule has 172 valence electrons. The molecule has 10 heteroatoms. The normalized spacial score (nSPS) is 19.6. The number of benzene rings is 1. The van der Waals surface area contributed by atoms with Crippen LogP contribution < -0.4 is 5.32 Å². The van der Waals surface area contributed by atoms with Crippen LogP contribution in [0.5, 0.6) is 0 Å². The number of nitro benzene ring substituents is 1. The van der Waals surface area contributed by atoms with Crippen molar-refractivity contribution in [2.45, 2.75) is 32.7 Å². The number of hydrogen-bond acceptors (Lipinski definition) is 6. The van der Waals surface area contributed by atoms with Crippen LogP contribution in [0.3, 0.4) is 0 Å². The lowest BCUT2D eigenvalue weighted by Crippen LogP contribution is -2.48. The maximum Gasteiger partial charge on any atom is 0.309 e. The Morgan fingerprint density at radius 3 is 2.58 bits per heavy atom. The van der Waals surface area contributed by atoms with Crippen molar-refractivity contribution in [3.05, 3.63) is 39.9 Å². The molecule has 1 N–H and O–H groups in total. The SMILES string of the molecule is CCOC(=O)C1CCN(C(=NCc2ccc([N+](=O)[O-])cc2)NCC2CCOC2)CC1.I. The topological polar surface area (TPSA) is 106 Å². The summed E-state index contributed by atoms with van der Waals surface area (Å²) in [5, 5.41) is 14.3. The van der Waals surface area contributed by atoms with Crippen LogP contribution >= 0.6 is 24.0 Å². The number of non-ortho nitro benzene ring substituents is 1. The quantitative estimate of drug-likeness (QED) is 0.140. The molecule has 0 bridgehead atoms. The number of nitrogens with one attached hydrogen (secondary N) is 1. The molecule has 31 heavy (non-hydrogen) atoms. The molecule has 0 aromatic heterocycles. The van der Waals surface area contributed by atoms with Crippen molar-refractivity contribution in [1.29, 1.82) is 0 Å². The minimum Gasteiger partial charge on any atom is -0.466 e. The van der Waals surface area contributed by atoms with Crippen LogP contribution in [0.15, 0.2) is 29.3 Å². The monoisotopic (exact) mass is 546 g/mol. The Morgan fingerprint density at radius 1 is 1.29 bits per heavy atom. The van der Waals surface area contributed by atoms with E-state index in [0.717, 1.165) is 63.6 Å². The van der Waals surface area contributed by atoms with Gasteiger partial charge >= 0.3 is 5.97 Å². The van der Waals surface area contributed by atoms with E-state index in [2.05, 4.69) is 10.2 Å². The Bertz CT molecular complexity index is 745. The fraction of sp³-hybridized carbons (Fsp3) is 0.619. The first kappa shape index (κ1) is 25.3. The van der Waals surface area contributed by atoms with Crippen molar-refractivity contribution in [3.63, 3.8) is 0 Å². The molecule has 0 saturated carbocycles. The molecular weight excluding hydrogens is 515 g/mol. The minimum atomic E-state index is -0.405. The highest BCUT2D eigenvalue weighted by molar-refractivity contribution is 14.0. The molecule has 1 aromatic carbocycles. The number of hydrogen-bond donors (Lipinski definition) is 1. The van der Waals surface area contributed by atoms with Gasteiger partial charge in [0.25, 0.3) is 5.69 Å². The van der Waals surface area contributed by atoms with Crippen molar-refractivity contribution in [2.75, 3.05) is 39.5 Å². The molecule has 1 aromatic rings. The summed E-state index contributed by atoms with van der Waals surface area (Å²) >= 11 is 0. The summed E-state index contributed by atoms with van der Waals surface area (Å²) in [5.74, 6) is 1.10. The third-order valence-corrected chi connectivity index (χ3v) is 5.55. The molecule has 2 heterocycles. The molecule has 2 aliphatic rings. The molecule has 0 spiro atoms. The average Bonchev–Trinajstić information content (AvgIpc) is 3.28. The number of rotatable bonds is 7. The largest absolute Gasteiger partial charge is 0.466 e. The van der Waals surface area contributed by atoms with E-state index in [9.17, 15) is 14.9 Å². The van der Waals surface area contributed by atoms with Gasteiger partial charge in [0.05, 0.1) is 30.6 Å². The number of nitro groups is 1. The van der Waals surface area contributed by atoms with Crippen molar-refractivity contribution in [1.82, 2.24) is 10.2 Å². The van der Waals surface area contributed by atoms with Gasteiger partial charge in [0.15, 0.2) is 5.96 Å². The molecule has 0 radical (unpaired) electrons. The van der Waals surface area contributed by atoms with Gasteiger partial charge < -0.3 is 19.7 Å². The highest BCUT2D eigenvalue weighted by atomic mass is 127. The van der Waals surface area contributed by atoms with Crippen LogP contribution in [-0.4, -0.2) is 61.2 Å². The maximum atomic E-state index is 12.0. The lowest BCUT2D eigenvalue weighted by Gasteiger charge is -2.33. The third kappa shape index (κ3) is 7.60. The van der Waals surface area contributed by atoms with Crippen LogP contribution in [0.25, 0.3) is 0 Å². The summed E-state index contributed by atoms with van der Waals surface area (Å²) in [7, 11) is 0. The Labute approximate surface area is 199 Å². The van der Waals surface area contributed by atoms with Crippen molar-refractivity contribution >= 4 is 41.6 Å². The lowest BCUT2D eigenvalue weighted by molar-refractivity contribution is -0.384. The first-order valence-corrected chi connectivity index (χ1v) is 10.6. The van der Waals surface area contributed by atoms with Crippen molar-refractivity contribution in [2.24, 2.45) is 16.8 Å². The van der Waals surface area contributed by atoms with Gasteiger partial charge in [-0.1, -0.05) is 12.1 Å². The van der Waals surface area contributed by atoms with Gasteiger partial charge in [-0.2, -0.15) is 0 Å². The Balaban J connectivity index is 0.00000341. The number of likely N-dealkylation sites (tertiary alicyclic amines) is 1. The third-order valence-electron chi connectivity index (χ3n) is 5.55. The van der Waals surface area contributed by atoms with Gasteiger partial charge in [0.1, 0.15) is 0 Å². The van der Waals surface area contributed by atoms with E-state index in [0.29, 0.717) is 19.1 Å². The number of nitrogens with zero attached hydrogens (tertiary/aromatic N) is 3. The van der Waals surface area contributed by atoms with Gasteiger partial charge in [-0.25, -0.2) is 4.99 Å². The van der Waals surface area contributed by atoms with E-state index >= 15 is 0 Å². The summed E-state index contributed by atoms with van der Waals surface area (Å²) in [6, 6.07) is 6.46. The number of piperidine rings is 1. The highest BCUT2D eigenvalue weighted by Crippen LogP contribution is 2.20. The predicted octanol–water partition coefficient (Wildman–Crippen LogP) is 2.97. The van der Waals surface area contributed by atoms with Gasteiger partial charge in [0.2, 0.25) is 0 Å². The summed E-state index contributed by atoms with van der Waals surface area (Å²) in [6.07, 6.45) is 2.51. The second-order valence-electron chi connectivity index (χ2n) is 7.69. The number of ether oxygens (including phenoxy) is 2. The molecule has 0 amide bonds. The molecule has 2 fully saturated rings. The van der Waals surface area contributed by atoms with E-state index in [1.54, 1.807) is 12.1 Å². The number of carbonyl (C=O) groups excluding carboxylic acids is 1. The molecule has 9 nitrogen and oxygen atoms in total. The first-order valence-electron chi connectivity index (χ1n) is 10.6. The van der Waals surface area contributed by atoms with E-state index in [1.807, 2.05) is 6.92 Å². The number of guanidine groups is 1. The molecule has 0 aliphatic carbocycles. The van der Waals surface area contributed by atoms with Crippen molar-refractivity contribution < 1.29 is 19.2 Å². The average molecular weight is 546 g/mol. The number of halogens is 1. The fourth-order valence-corrected chi connectivity index (χ4v) is 3.72. The zero-order chi connectivity index (χ0) is 21.3. The van der Waals surface area contributed by atoms with Crippen LogP contribution in [0.2, 0.25) is 0 Å². The molecule has 1 unspecified atom stereocenters. The van der Waals surface area contributed by atoms with E-state index < -0.39 is 4.92 Å². The van der Waals surface area contributed by atoms with E-state index in [4.69, 9.17) is 14.5 Å². The Morgan fingerprint density at radius 2 is 2.00 bits per heavy atom. The Hall–Kier alpha value is -1.95. The Kier molecular flexibility index (Phi) is 10.4. The number of aliphatic imine (C=N–C) groups is 1. The van der Waals surface area contributed by atoms with Crippen LogP contribution in [0.4, 0.5) is 5.69 Å². The lowest BCUT2D eigenvalue weighted by atomic mass is 9.97. The summed E-state index contributed by atoms with van der Waals surface area (Å²) in [5.41, 5.74) is 0.980. The summed E-state index contributed by atoms with van der Waals surface area (Å²) < 4.78 is 10.6. The van der Waals surface area contributed by atoms with Gasteiger partial charge in [-0.3, -0.25) is 14.9 Å². The highest BCUT2D eigenvalue weighted by Gasteiger charge is 2.28. The van der Waals surface area contributed by atoms with E-state index in [1.165, 1.54) is 12.1 Å². The molecule has 2 saturated heterocycles. The smallest absolute Gasteiger partial charge is 0.309 e. The second-order valence-corrected chi connectivity index (χ2v) is 7.69. The number of esters is 1. The summed E-state index contributed by atoms with van der Waals surface area (Å²) in [6.45, 7) is 6.47. The van der Waals surface area contributed by atoms with Crippen LogP contribution in [0.1, 0.15) is 31.7 Å². The standard InChI is InChI=1S/C21H30N4O5.HI/c1-2-30-20(26)18-7-10-24(11-8-18)21(23-14-17-9-12-29-15-17)22-13-16-3-5-19(6-4-16)25(27)28;/h3-6,17-18H,2,7-15H2,1H3,(H,22,23);1H. The van der Waals surface area contributed by atoms with Gasteiger partial charge in [-0.15, -0.1) is 24.0 Å². The maximum absolute atomic E-state index is 12.0. The molecule has 2 aliphatic heterocycles. The minimum absolute atomic E-state index is 0. The van der Waals surface area contributed by atoms with Gasteiger partial charge in [-0.05, 0) is 31.7 Å². The second kappa shape index (κ2) is 12.8.